The molecule has 0 bridgehead atoms. The zero-order valence-corrected chi connectivity index (χ0v) is 12.0. The molecule has 2 rings (SSSR count). The number of aliphatic hydroxyl groups is 1. The lowest BCUT2D eigenvalue weighted by atomic mass is 10.2. The van der Waals surface area contributed by atoms with Gasteiger partial charge in [0, 0.05) is 16.8 Å². The van der Waals surface area contributed by atoms with E-state index in [0.29, 0.717) is 16.7 Å². The van der Waals surface area contributed by atoms with Crippen LogP contribution in [-0.4, -0.2) is 10.1 Å². The van der Waals surface area contributed by atoms with Crippen LogP contribution in [0.25, 0.3) is 0 Å². The lowest BCUT2D eigenvalue weighted by molar-refractivity contribution is 0.281. The molecule has 1 aromatic heterocycles. The highest BCUT2D eigenvalue weighted by atomic mass is 79.9. The van der Waals surface area contributed by atoms with Crippen molar-refractivity contribution in [2.24, 2.45) is 0 Å². The van der Waals surface area contributed by atoms with E-state index in [0.717, 1.165) is 15.7 Å². The van der Waals surface area contributed by atoms with Crippen LogP contribution in [-0.2, 0) is 6.61 Å². The van der Waals surface area contributed by atoms with Crippen molar-refractivity contribution in [1.29, 1.82) is 0 Å². The summed E-state index contributed by atoms with van der Waals surface area (Å²) in [5.41, 5.74) is 1.56. The van der Waals surface area contributed by atoms with Crippen molar-refractivity contribution in [3.8, 4) is 11.6 Å². The summed E-state index contributed by atoms with van der Waals surface area (Å²) in [5.74, 6) is 1.07. The summed E-state index contributed by atoms with van der Waals surface area (Å²) in [6.45, 7) is 1.81. The minimum Gasteiger partial charge on any atom is -0.438 e. The standard InChI is InChI=1S/C13H11BrClNO2/c1-8-4-9(7-17)5-13(16-8)18-12-3-2-10(15)6-11(12)14/h2-6,17H,7H2,1H3. The van der Waals surface area contributed by atoms with E-state index in [1.54, 1.807) is 24.3 Å². The van der Waals surface area contributed by atoms with E-state index in [9.17, 15) is 0 Å². The Balaban J connectivity index is 2.30. The molecule has 3 nitrogen and oxygen atoms in total. The highest BCUT2D eigenvalue weighted by molar-refractivity contribution is 9.10. The van der Waals surface area contributed by atoms with Gasteiger partial charge in [0.1, 0.15) is 5.75 Å². The number of aromatic nitrogens is 1. The van der Waals surface area contributed by atoms with Gasteiger partial charge in [0.05, 0.1) is 11.1 Å². The largest absolute Gasteiger partial charge is 0.438 e. The molecular weight excluding hydrogens is 318 g/mol. The number of hydrogen-bond donors (Lipinski definition) is 1. The summed E-state index contributed by atoms with van der Waals surface area (Å²) in [6, 6.07) is 8.76. The van der Waals surface area contributed by atoms with Crippen LogP contribution in [0.5, 0.6) is 11.6 Å². The van der Waals surface area contributed by atoms with E-state index >= 15 is 0 Å². The molecule has 0 aliphatic heterocycles. The fourth-order valence-corrected chi connectivity index (χ4v) is 2.28. The molecule has 0 aliphatic rings. The minimum atomic E-state index is -0.0402. The quantitative estimate of drug-likeness (QED) is 0.922. The van der Waals surface area contributed by atoms with Crippen LogP contribution in [0.3, 0.4) is 0 Å². The SMILES string of the molecule is Cc1cc(CO)cc(Oc2ccc(Cl)cc2Br)n1. The molecule has 94 valence electrons. The van der Waals surface area contributed by atoms with Gasteiger partial charge in [-0.3, -0.25) is 0 Å². The van der Waals surface area contributed by atoms with Crippen molar-refractivity contribution >= 4 is 27.5 Å². The first kappa shape index (κ1) is 13.3. The van der Waals surface area contributed by atoms with Crippen molar-refractivity contribution in [3.63, 3.8) is 0 Å². The Morgan fingerprint density at radius 2 is 2.11 bits per heavy atom. The van der Waals surface area contributed by atoms with Crippen LogP contribution in [0, 0.1) is 6.92 Å². The highest BCUT2D eigenvalue weighted by Crippen LogP contribution is 2.31. The molecule has 1 N–H and O–H groups in total. The first-order chi connectivity index (χ1) is 8.58. The van der Waals surface area contributed by atoms with Crippen molar-refractivity contribution in [1.82, 2.24) is 4.98 Å². The predicted molar refractivity (Wildman–Crippen MR) is 74.1 cm³/mol. The maximum Gasteiger partial charge on any atom is 0.219 e. The van der Waals surface area contributed by atoms with Gasteiger partial charge in [0.15, 0.2) is 0 Å². The van der Waals surface area contributed by atoms with Gasteiger partial charge < -0.3 is 9.84 Å². The smallest absolute Gasteiger partial charge is 0.219 e. The van der Waals surface area contributed by atoms with E-state index in [-0.39, 0.29) is 6.61 Å². The van der Waals surface area contributed by atoms with E-state index in [1.807, 2.05) is 13.0 Å². The Morgan fingerprint density at radius 3 is 2.78 bits per heavy atom. The van der Waals surface area contributed by atoms with E-state index < -0.39 is 0 Å². The molecule has 0 fully saturated rings. The van der Waals surface area contributed by atoms with Crippen molar-refractivity contribution in [3.05, 3.63) is 51.1 Å². The van der Waals surface area contributed by atoms with E-state index in [1.165, 1.54) is 0 Å². The number of hydrogen-bond acceptors (Lipinski definition) is 3. The Kier molecular flexibility index (Phi) is 4.22. The van der Waals surface area contributed by atoms with Crippen molar-refractivity contribution < 1.29 is 9.84 Å². The molecule has 0 unspecified atom stereocenters. The number of aryl methyl sites for hydroxylation is 1. The van der Waals surface area contributed by atoms with Crippen molar-refractivity contribution in [2.45, 2.75) is 13.5 Å². The lowest BCUT2D eigenvalue weighted by Crippen LogP contribution is -1.94. The van der Waals surface area contributed by atoms with Crippen LogP contribution in [0.2, 0.25) is 5.02 Å². The van der Waals surface area contributed by atoms with Gasteiger partial charge in [-0.15, -0.1) is 0 Å². The monoisotopic (exact) mass is 327 g/mol. The van der Waals surface area contributed by atoms with Crippen LogP contribution in [0.15, 0.2) is 34.8 Å². The molecule has 0 radical (unpaired) electrons. The van der Waals surface area contributed by atoms with Gasteiger partial charge in [-0.1, -0.05) is 11.6 Å². The Morgan fingerprint density at radius 1 is 1.33 bits per heavy atom. The molecule has 2 aromatic rings. The molecule has 5 heteroatoms. The van der Waals surface area contributed by atoms with Gasteiger partial charge in [-0.25, -0.2) is 4.98 Å². The zero-order chi connectivity index (χ0) is 13.1. The van der Waals surface area contributed by atoms with E-state index in [2.05, 4.69) is 20.9 Å². The maximum absolute atomic E-state index is 9.13. The number of halogens is 2. The lowest BCUT2D eigenvalue weighted by Gasteiger charge is -2.09. The Bertz CT molecular complexity index is 575. The van der Waals surface area contributed by atoms with Gasteiger partial charge >= 0.3 is 0 Å². The maximum atomic E-state index is 9.13. The second-order valence-electron chi connectivity index (χ2n) is 3.79. The average molecular weight is 329 g/mol. The third-order valence-electron chi connectivity index (χ3n) is 2.28. The molecule has 0 saturated carbocycles. The predicted octanol–water partition coefficient (Wildman–Crippen LogP) is 4.09. The topological polar surface area (TPSA) is 42.4 Å². The van der Waals surface area contributed by atoms with Crippen LogP contribution in [0.1, 0.15) is 11.3 Å². The van der Waals surface area contributed by atoms with Crippen molar-refractivity contribution in [2.75, 3.05) is 0 Å². The molecule has 0 aliphatic carbocycles. The first-order valence-corrected chi connectivity index (χ1v) is 6.47. The summed E-state index contributed by atoms with van der Waals surface area (Å²) >= 11 is 9.23. The average Bonchev–Trinajstić information content (AvgIpc) is 2.32. The van der Waals surface area contributed by atoms with E-state index in [4.69, 9.17) is 21.4 Å². The molecule has 18 heavy (non-hydrogen) atoms. The number of aliphatic hydroxyl groups excluding tert-OH is 1. The summed E-state index contributed by atoms with van der Waals surface area (Å²) in [6.07, 6.45) is 0. The second-order valence-corrected chi connectivity index (χ2v) is 5.08. The number of rotatable bonds is 3. The highest BCUT2D eigenvalue weighted by Gasteiger charge is 2.06. The number of pyridine rings is 1. The molecular formula is C13H11BrClNO2. The Labute approximate surface area is 119 Å². The minimum absolute atomic E-state index is 0.0402. The first-order valence-electron chi connectivity index (χ1n) is 5.30. The number of ether oxygens (including phenoxy) is 1. The fraction of sp³-hybridized carbons (Fsp3) is 0.154. The van der Waals surface area contributed by atoms with Crippen LogP contribution < -0.4 is 4.74 Å². The molecule has 0 amide bonds. The Hall–Kier alpha value is -1.10. The van der Waals surface area contributed by atoms with Crippen LogP contribution >= 0.6 is 27.5 Å². The van der Waals surface area contributed by atoms with Gasteiger partial charge in [-0.2, -0.15) is 0 Å². The van der Waals surface area contributed by atoms with Crippen LogP contribution in [0.4, 0.5) is 0 Å². The van der Waals surface area contributed by atoms with Gasteiger partial charge in [-0.05, 0) is 52.7 Å². The zero-order valence-electron chi connectivity index (χ0n) is 9.65. The molecule has 0 atom stereocenters. The normalized spacial score (nSPS) is 10.4. The van der Waals surface area contributed by atoms with Gasteiger partial charge in [0.25, 0.3) is 0 Å². The third kappa shape index (κ3) is 3.22. The summed E-state index contributed by atoms with van der Waals surface area (Å²) in [4.78, 5) is 4.25. The fourth-order valence-electron chi connectivity index (χ4n) is 1.52. The summed E-state index contributed by atoms with van der Waals surface area (Å²) in [5, 5.41) is 9.76. The number of benzene rings is 1. The molecule has 1 aromatic carbocycles. The molecule has 0 saturated heterocycles. The summed E-state index contributed by atoms with van der Waals surface area (Å²) < 4.78 is 6.41. The summed E-state index contributed by atoms with van der Waals surface area (Å²) in [7, 11) is 0. The van der Waals surface area contributed by atoms with Gasteiger partial charge in [0.2, 0.25) is 5.88 Å². The second kappa shape index (κ2) is 5.69. The molecule has 1 heterocycles. The third-order valence-corrected chi connectivity index (χ3v) is 3.14. The number of nitrogens with zero attached hydrogens (tertiary/aromatic N) is 1. The molecule has 0 spiro atoms.